The predicted octanol–water partition coefficient (Wildman–Crippen LogP) is 4.96. The Bertz CT molecular complexity index is 560. The molecule has 1 aromatic rings. The number of benzene rings is 1. The summed E-state index contributed by atoms with van der Waals surface area (Å²) in [6, 6.07) is 9.73. The third kappa shape index (κ3) is 11.8. The Morgan fingerprint density at radius 1 is 1.18 bits per heavy atom. The number of ether oxygens (including phenoxy) is 1. The number of hydrogen-bond donors (Lipinski definition) is 2. The Balaban J connectivity index is 2.39. The van der Waals surface area contributed by atoms with Crippen LogP contribution in [0.5, 0.6) is 0 Å². The second-order valence-electron chi connectivity index (χ2n) is 6.41. The number of thioether (sulfide) groups is 1. The monoisotopic (exact) mass is 445 g/mol. The van der Waals surface area contributed by atoms with E-state index in [-0.39, 0.29) is 12.1 Å². The summed E-state index contributed by atoms with van der Waals surface area (Å²) in [4.78, 5) is 23.4. The summed E-state index contributed by atoms with van der Waals surface area (Å²) in [6.45, 7) is 2.50. The molecule has 0 saturated carbocycles. The first-order chi connectivity index (χ1) is 13.6. The normalized spacial score (nSPS) is 12.9. The number of carboxylic acid groups (broad SMARTS) is 1. The third-order valence-electron chi connectivity index (χ3n) is 4.02. The molecule has 5 nitrogen and oxygen atoms in total. The zero-order valence-corrected chi connectivity index (χ0v) is 19.0. The Morgan fingerprint density at radius 2 is 1.89 bits per heavy atom. The number of rotatable bonds is 15. The molecule has 0 aliphatic rings. The van der Waals surface area contributed by atoms with Gasteiger partial charge in [-0.25, -0.2) is 4.79 Å². The van der Waals surface area contributed by atoms with Gasteiger partial charge in [-0.1, -0.05) is 65.3 Å². The molecule has 158 valence electrons. The highest BCUT2D eigenvalue weighted by atomic mass is 33.1. The van der Waals surface area contributed by atoms with Gasteiger partial charge < -0.3 is 15.2 Å². The lowest BCUT2D eigenvalue weighted by Gasteiger charge is -2.18. The summed E-state index contributed by atoms with van der Waals surface area (Å²) in [7, 11) is 3.17. The van der Waals surface area contributed by atoms with Crippen LogP contribution >= 0.6 is 33.3 Å². The lowest BCUT2D eigenvalue weighted by molar-refractivity contribution is -0.140. The molecule has 2 N–H and O–H groups in total. The summed E-state index contributed by atoms with van der Waals surface area (Å²) < 4.78 is 5.18. The number of unbranched alkanes of at least 4 members (excludes halogenated alkanes) is 1. The third-order valence-corrected chi connectivity index (χ3v) is 7.22. The van der Waals surface area contributed by atoms with Gasteiger partial charge >= 0.3 is 12.1 Å². The van der Waals surface area contributed by atoms with E-state index in [2.05, 4.69) is 12.2 Å². The van der Waals surface area contributed by atoms with E-state index in [1.54, 1.807) is 33.3 Å². The molecule has 0 spiro atoms. The molecule has 1 aromatic carbocycles. The van der Waals surface area contributed by atoms with Gasteiger partial charge in [0.25, 0.3) is 0 Å². The van der Waals surface area contributed by atoms with Crippen molar-refractivity contribution >= 4 is 45.4 Å². The van der Waals surface area contributed by atoms with E-state index in [4.69, 9.17) is 4.74 Å². The molecule has 1 rings (SSSR count). The van der Waals surface area contributed by atoms with E-state index < -0.39 is 11.9 Å². The highest BCUT2D eigenvalue weighted by molar-refractivity contribution is 8.76. The smallest absolute Gasteiger partial charge is 0.407 e. The second-order valence-corrected chi connectivity index (χ2v) is 9.94. The van der Waals surface area contributed by atoms with Crippen molar-refractivity contribution in [2.45, 2.75) is 38.6 Å². The lowest BCUT2D eigenvalue weighted by Crippen LogP contribution is -2.37. The van der Waals surface area contributed by atoms with Crippen molar-refractivity contribution in [3.8, 4) is 0 Å². The average molecular weight is 446 g/mol. The number of amides is 1. The average Bonchev–Trinajstić information content (AvgIpc) is 2.69. The molecule has 0 aromatic heterocycles. The van der Waals surface area contributed by atoms with Gasteiger partial charge in [-0.2, -0.15) is 11.8 Å². The summed E-state index contributed by atoms with van der Waals surface area (Å²) in [5.41, 5.74) is 1.04. The van der Waals surface area contributed by atoms with E-state index in [1.807, 2.05) is 36.6 Å². The Hall–Kier alpha value is -0.990. The maximum atomic E-state index is 11.9. The first-order valence-electron chi connectivity index (χ1n) is 9.50. The molecule has 0 heterocycles. The van der Waals surface area contributed by atoms with Crippen LogP contribution < -0.4 is 5.32 Å². The first kappa shape index (κ1) is 25.0. The van der Waals surface area contributed by atoms with Crippen molar-refractivity contribution in [2.24, 2.45) is 5.92 Å². The molecular formula is C20H31NO4S3. The van der Waals surface area contributed by atoms with Gasteiger partial charge in [0.2, 0.25) is 0 Å². The second kappa shape index (κ2) is 15.9. The van der Waals surface area contributed by atoms with Crippen molar-refractivity contribution in [3.05, 3.63) is 35.9 Å². The van der Waals surface area contributed by atoms with Crippen LogP contribution in [0.3, 0.4) is 0 Å². The lowest BCUT2D eigenvalue weighted by atomic mass is 10.0. The van der Waals surface area contributed by atoms with Crippen molar-refractivity contribution in [1.82, 2.24) is 5.32 Å². The van der Waals surface area contributed by atoms with Gasteiger partial charge in [-0.05, 0) is 36.8 Å². The van der Waals surface area contributed by atoms with Gasteiger partial charge in [0.05, 0.1) is 12.5 Å². The molecule has 8 heteroatoms. The number of hydrogen-bond acceptors (Lipinski definition) is 6. The number of carboxylic acids is 1. The molecule has 0 bridgehead atoms. The van der Waals surface area contributed by atoms with Crippen LogP contribution in [0.1, 0.15) is 31.7 Å². The number of alkyl carbamates (subject to hydrolysis) is 1. The Kier molecular flexibility index (Phi) is 14.2. The molecule has 0 unspecified atom stereocenters. The van der Waals surface area contributed by atoms with Crippen molar-refractivity contribution in [3.63, 3.8) is 0 Å². The van der Waals surface area contributed by atoms with Crippen LogP contribution in [-0.2, 0) is 16.0 Å². The first-order valence-corrected chi connectivity index (χ1v) is 13.4. The molecule has 0 saturated heterocycles. The summed E-state index contributed by atoms with van der Waals surface area (Å²) >= 11 is 1.74. The molecular weight excluding hydrogens is 414 g/mol. The fourth-order valence-corrected chi connectivity index (χ4v) is 5.47. The van der Waals surface area contributed by atoms with E-state index in [0.717, 1.165) is 36.3 Å². The van der Waals surface area contributed by atoms with E-state index in [9.17, 15) is 14.7 Å². The number of carbonyl (C=O) groups excluding carboxylic acids is 1. The fourth-order valence-electron chi connectivity index (χ4n) is 2.35. The molecule has 0 fully saturated rings. The van der Waals surface area contributed by atoms with Crippen LogP contribution in [-0.4, -0.2) is 53.3 Å². The molecule has 0 aliphatic carbocycles. The standard InChI is InChI=1S/C20H31NO4S3/c1-3-4-11-25-20(24)21-18(10-12-26-2)15-28-27-14-17(19(22)23)13-16-8-6-5-7-9-16/h5-9,17-18H,3-4,10-15H2,1-2H3,(H,21,24)(H,22,23)/t17-,18+/m1/s1. The van der Waals surface area contributed by atoms with E-state index >= 15 is 0 Å². The van der Waals surface area contributed by atoms with Gasteiger partial charge in [-0.3, -0.25) is 4.79 Å². The minimum atomic E-state index is -0.770. The van der Waals surface area contributed by atoms with Gasteiger partial charge in [0, 0.05) is 17.5 Å². The van der Waals surface area contributed by atoms with Gasteiger partial charge in [-0.15, -0.1) is 0 Å². The van der Waals surface area contributed by atoms with Crippen LogP contribution in [0.15, 0.2) is 30.3 Å². The minimum Gasteiger partial charge on any atom is -0.481 e. The zero-order valence-electron chi connectivity index (χ0n) is 16.6. The zero-order chi connectivity index (χ0) is 20.6. The van der Waals surface area contributed by atoms with Gasteiger partial charge in [0.15, 0.2) is 0 Å². The topological polar surface area (TPSA) is 75.6 Å². The molecule has 0 radical (unpaired) electrons. The molecule has 1 amide bonds. The SMILES string of the molecule is CCCCOC(=O)N[C@@H](CCSC)CSSC[C@@H](Cc1ccccc1)C(=O)O. The number of carbonyl (C=O) groups is 2. The molecule has 2 atom stereocenters. The Labute approximate surface area is 180 Å². The van der Waals surface area contributed by atoms with Crippen LogP contribution in [0.25, 0.3) is 0 Å². The van der Waals surface area contributed by atoms with Gasteiger partial charge in [0.1, 0.15) is 0 Å². The van der Waals surface area contributed by atoms with E-state index in [1.165, 1.54) is 0 Å². The van der Waals surface area contributed by atoms with Crippen LogP contribution in [0.2, 0.25) is 0 Å². The van der Waals surface area contributed by atoms with Crippen LogP contribution in [0, 0.1) is 5.92 Å². The highest BCUT2D eigenvalue weighted by Crippen LogP contribution is 2.27. The van der Waals surface area contributed by atoms with Crippen molar-refractivity contribution < 1.29 is 19.4 Å². The van der Waals surface area contributed by atoms with E-state index in [0.29, 0.717) is 18.8 Å². The fraction of sp³-hybridized carbons (Fsp3) is 0.600. The maximum absolute atomic E-state index is 11.9. The molecule has 0 aliphatic heterocycles. The Morgan fingerprint density at radius 3 is 2.54 bits per heavy atom. The van der Waals surface area contributed by atoms with Crippen LogP contribution in [0.4, 0.5) is 4.79 Å². The van der Waals surface area contributed by atoms with Crippen molar-refractivity contribution in [1.29, 1.82) is 0 Å². The predicted molar refractivity (Wildman–Crippen MR) is 122 cm³/mol. The summed E-state index contributed by atoms with van der Waals surface area (Å²) in [5.74, 6) is 1.03. The summed E-state index contributed by atoms with van der Waals surface area (Å²) in [5, 5.41) is 12.4. The molecule has 28 heavy (non-hydrogen) atoms. The number of nitrogens with one attached hydrogen (secondary N) is 1. The largest absolute Gasteiger partial charge is 0.481 e. The quantitative estimate of drug-likeness (QED) is 0.292. The highest BCUT2D eigenvalue weighted by Gasteiger charge is 2.19. The number of aliphatic carboxylic acids is 1. The van der Waals surface area contributed by atoms with Crippen molar-refractivity contribution in [2.75, 3.05) is 30.1 Å². The minimum absolute atomic E-state index is 0.0245. The maximum Gasteiger partial charge on any atom is 0.407 e. The summed E-state index contributed by atoms with van der Waals surface area (Å²) in [6.07, 6.45) is 4.93.